The first kappa shape index (κ1) is 16.3. The molecule has 116 valence electrons. The summed E-state index contributed by atoms with van der Waals surface area (Å²) < 4.78 is 27.0. The Hall–Kier alpha value is -1.11. The van der Waals surface area contributed by atoms with E-state index in [2.05, 4.69) is 4.72 Å². The fourth-order valence-electron chi connectivity index (χ4n) is 2.41. The van der Waals surface area contributed by atoms with Gasteiger partial charge < -0.3 is 4.90 Å². The van der Waals surface area contributed by atoms with Crippen LogP contribution in [0.4, 0.5) is 0 Å². The number of nitrogens with one attached hydrogen (secondary N) is 1. The number of piperidine rings is 1. The number of carbonyl (C=O) groups excluding carboxylic acids is 1. The van der Waals surface area contributed by atoms with Crippen LogP contribution < -0.4 is 4.72 Å². The third-order valence-electron chi connectivity index (χ3n) is 3.56. The van der Waals surface area contributed by atoms with Gasteiger partial charge in [-0.2, -0.15) is 0 Å². The lowest BCUT2D eigenvalue weighted by molar-refractivity contribution is -0.129. The second-order valence-corrected chi connectivity index (χ2v) is 7.47. The minimum Gasteiger partial charge on any atom is -0.343 e. The maximum absolute atomic E-state index is 12.1. The van der Waals surface area contributed by atoms with E-state index in [1.807, 2.05) is 0 Å². The highest BCUT2D eigenvalue weighted by Crippen LogP contribution is 2.15. The van der Waals surface area contributed by atoms with Gasteiger partial charge in [0.1, 0.15) is 0 Å². The maximum Gasteiger partial charge on any atom is 0.219 e. The number of carbonyl (C=O) groups is 1. The van der Waals surface area contributed by atoms with Crippen molar-refractivity contribution in [2.75, 3.05) is 13.1 Å². The van der Waals surface area contributed by atoms with E-state index in [1.165, 1.54) is 6.92 Å². The van der Waals surface area contributed by atoms with Gasteiger partial charge in [-0.15, -0.1) is 0 Å². The topological polar surface area (TPSA) is 66.5 Å². The molecule has 1 aliphatic heterocycles. The van der Waals surface area contributed by atoms with Crippen LogP contribution in [0.3, 0.4) is 0 Å². The molecule has 1 amide bonds. The lowest BCUT2D eigenvalue weighted by Crippen LogP contribution is -2.46. The molecule has 0 atom stereocenters. The van der Waals surface area contributed by atoms with Gasteiger partial charge in [-0.05, 0) is 30.5 Å². The number of hydrogen-bond donors (Lipinski definition) is 1. The smallest absolute Gasteiger partial charge is 0.219 e. The third-order valence-corrected chi connectivity index (χ3v) is 5.21. The normalized spacial score (nSPS) is 17.0. The number of likely N-dealkylation sites (tertiary alicyclic amines) is 1. The molecule has 0 aromatic heterocycles. The van der Waals surface area contributed by atoms with Gasteiger partial charge in [0.05, 0.1) is 5.75 Å². The van der Waals surface area contributed by atoms with Crippen molar-refractivity contribution in [2.45, 2.75) is 31.6 Å². The molecule has 2 rings (SSSR count). The molecule has 7 heteroatoms. The van der Waals surface area contributed by atoms with Gasteiger partial charge in [0.2, 0.25) is 15.9 Å². The molecule has 0 spiro atoms. The van der Waals surface area contributed by atoms with Crippen LogP contribution in [0.25, 0.3) is 0 Å². The molecule has 0 radical (unpaired) electrons. The Morgan fingerprint density at radius 2 is 1.86 bits per heavy atom. The van der Waals surface area contributed by atoms with Gasteiger partial charge in [-0.25, -0.2) is 13.1 Å². The van der Waals surface area contributed by atoms with Gasteiger partial charge in [0.15, 0.2) is 0 Å². The van der Waals surface area contributed by atoms with Crippen molar-refractivity contribution in [1.82, 2.24) is 9.62 Å². The molecule has 1 N–H and O–H groups in total. The van der Waals surface area contributed by atoms with Crippen molar-refractivity contribution in [2.24, 2.45) is 0 Å². The summed E-state index contributed by atoms with van der Waals surface area (Å²) in [6.45, 7) is 2.73. The summed E-state index contributed by atoms with van der Waals surface area (Å²) in [6, 6.07) is 6.67. The largest absolute Gasteiger partial charge is 0.343 e. The van der Waals surface area contributed by atoms with Crippen LogP contribution in [0.15, 0.2) is 24.3 Å². The van der Waals surface area contributed by atoms with Crippen molar-refractivity contribution in [3.8, 4) is 0 Å². The van der Waals surface area contributed by atoms with E-state index in [1.54, 1.807) is 29.2 Å². The van der Waals surface area contributed by atoms with Crippen LogP contribution in [0, 0.1) is 0 Å². The summed E-state index contributed by atoms with van der Waals surface area (Å²) >= 11 is 5.78. The summed E-state index contributed by atoms with van der Waals surface area (Å²) in [5.41, 5.74) is 0.702. The first-order valence-electron chi connectivity index (χ1n) is 6.86. The molecule has 1 saturated heterocycles. The minimum absolute atomic E-state index is 0.0393. The molecule has 0 saturated carbocycles. The maximum atomic E-state index is 12.1. The lowest BCUT2D eigenvalue weighted by atomic mass is 10.1. The number of amides is 1. The third kappa shape index (κ3) is 4.98. The van der Waals surface area contributed by atoms with Gasteiger partial charge >= 0.3 is 0 Å². The van der Waals surface area contributed by atoms with Crippen molar-refractivity contribution in [3.05, 3.63) is 34.9 Å². The van der Waals surface area contributed by atoms with Crippen LogP contribution in [0.1, 0.15) is 25.3 Å². The van der Waals surface area contributed by atoms with Gasteiger partial charge in [0.25, 0.3) is 0 Å². The number of halogens is 1. The molecule has 1 aromatic rings. The van der Waals surface area contributed by atoms with Crippen molar-refractivity contribution >= 4 is 27.5 Å². The fourth-order valence-corrected chi connectivity index (χ4v) is 3.99. The first-order valence-corrected chi connectivity index (χ1v) is 8.89. The molecular weight excluding hydrogens is 312 g/mol. The van der Waals surface area contributed by atoms with E-state index in [0.717, 1.165) is 0 Å². The zero-order valence-electron chi connectivity index (χ0n) is 11.9. The highest BCUT2D eigenvalue weighted by molar-refractivity contribution is 7.88. The monoisotopic (exact) mass is 330 g/mol. The zero-order valence-corrected chi connectivity index (χ0v) is 13.5. The van der Waals surface area contributed by atoms with Crippen LogP contribution in [-0.4, -0.2) is 38.4 Å². The summed E-state index contributed by atoms with van der Waals surface area (Å²) in [5, 5.41) is 0.584. The number of rotatable bonds is 4. The van der Waals surface area contributed by atoms with E-state index in [9.17, 15) is 13.2 Å². The standard InChI is InChI=1S/C14H19ClN2O3S/c1-11(18)17-8-6-14(7-9-17)16-21(19,20)10-12-2-4-13(15)5-3-12/h2-5,14,16H,6-10H2,1H3. The molecule has 21 heavy (non-hydrogen) atoms. The summed E-state index contributed by atoms with van der Waals surface area (Å²) in [4.78, 5) is 13.0. The SMILES string of the molecule is CC(=O)N1CCC(NS(=O)(=O)Cc2ccc(Cl)cc2)CC1. The van der Waals surface area contributed by atoms with Crippen molar-refractivity contribution in [1.29, 1.82) is 0 Å². The van der Waals surface area contributed by atoms with E-state index in [0.29, 0.717) is 36.5 Å². The molecular formula is C14H19ClN2O3S. The van der Waals surface area contributed by atoms with Gasteiger partial charge in [-0.1, -0.05) is 23.7 Å². The van der Waals surface area contributed by atoms with E-state index in [4.69, 9.17) is 11.6 Å². The van der Waals surface area contributed by atoms with Crippen LogP contribution in [-0.2, 0) is 20.6 Å². The summed E-state index contributed by atoms with van der Waals surface area (Å²) in [5.74, 6) is -0.0191. The Kier molecular flexibility index (Phi) is 5.24. The molecule has 0 unspecified atom stereocenters. The average Bonchev–Trinajstić information content (AvgIpc) is 2.41. The van der Waals surface area contributed by atoms with Crippen LogP contribution in [0.2, 0.25) is 5.02 Å². The van der Waals surface area contributed by atoms with Gasteiger partial charge in [-0.3, -0.25) is 4.79 Å². The van der Waals surface area contributed by atoms with Crippen LogP contribution in [0.5, 0.6) is 0 Å². The van der Waals surface area contributed by atoms with Crippen molar-refractivity contribution < 1.29 is 13.2 Å². The molecule has 1 fully saturated rings. The average molecular weight is 331 g/mol. The van der Waals surface area contributed by atoms with Gasteiger partial charge in [0, 0.05) is 31.1 Å². The number of benzene rings is 1. The molecule has 5 nitrogen and oxygen atoms in total. The first-order chi connectivity index (χ1) is 9.85. The Balaban J connectivity index is 1.90. The molecule has 1 aliphatic rings. The number of nitrogens with zero attached hydrogens (tertiary/aromatic N) is 1. The highest BCUT2D eigenvalue weighted by atomic mass is 35.5. The van der Waals surface area contributed by atoms with E-state index in [-0.39, 0.29) is 17.7 Å². The van der Waals surface area contributed by atoms with E-state index >= 15 is 0 Å². The van der Waals surface area contributed by atoms with Crippen LogP contribution >= 0.6 is 11.6 Å². The Bertz CT molecular complexity index is 593. The quantitative estimate of drug-likeness (QED) is 0.915. The number of sulfonamides is 1. The zero-order chi connectivity index (χ0) is 15.5. The Labute approximate surface area is 130 Å². The summed E-state index contributed by atoms with van der Waals surface area (Å²) in [7, 11) is -3.38. The lowest BCUT2D eigenvalue weighted by Gasteiger charge is -2.31. The fraction of sp³-hybridized carbons (Fsp3) is 0.500. The highest BCUT2D eigenvalue weighted by Gasteiger charge is 2.24. The molecule has 1 heterocycles. The predicted octanol–water partition coefficient (Wildman–Crippen LogP) is 1.77. The second kappa shape index (κ2) is 6.77. The number of hydrogen-bond acceptors (Lipinski definition) is 3. The molecule has 0 bridgehead atoms. The Morgan fingerprint density at radius 1 is 1.29 bits per heavy atom. The van der Waals surface area contributed by atoms with Crippen molar-refractivity contribution in [3.63, 3.8) is 0 Å². The van der Waals surface area contributed by atoms with E-state index < -0.39 is 10.0 Å². The Morgan fingerprint density at radius 3 is 2.38 bits per heavy atom. The molecule has 0 aliphatic carbocycles. The predicted molar refractivity (Wildman–Crippen MR) is 82.5 cm³/mol. The second-order valence-electron chi connectivity index (χ2n) is 5.28. The summed E-state index contributed by atoms with van der Waals surface area (Å²) in [6.07, 6.45) is 1.30. The minimum atomic E-state index is -3.38. The molecule has 1 aromatic carbocycles.